The van der Waals surface area contributed by atoms with E-state index in [4.69, 9.17) is 16.3 Å². The molecule has 1 aromatic carbocycles. The van der Waals surface area contributed by atoms with Gasteiger partial charge in [0.15, 0.2) is 9.84 Å². The van der Waals surface area contributed by atoms with Crippen molar-refractivity contribution in [2.75, 3.05) is 25.4 Å². The molecule has 20 heavy (non-hydrogen) atoms. The molecule has 1 aliphatic heterocycles. The van der Waals surface area contributed by atoms with Crippen molar-refractivity contribution in [3.63, 3.8) is 0 Å². The Labute approximate surface area is 125 Å². The van der Waals surface area contributed by atoms with Gasteiger partial charge in [-0.15, -0.1) is 0 Å². The van der Waals surface area contributed by atoms with Crippen LogP contribution in [0.1, 0.15) is 19.3 Å². The fraction of sp³-hybridized carbons (Fsp3) is 0.571. The minimum absolute atomic E-state index is 0.187. The molecular formula is C14H20ClNO3S. The molecule has 0 aliphatic carbocycles. The van der Waals surface area contributed by atoms with Crippen LogP contribution in [0.5, 0.6) is 5.75 Å². The van der Waals surface area contributed by atoms with Crippen LogP contribution >= 0.6 is 11.6 Å². The summed E-state index contributed by atoms with van der Waals surface area (Å²) in [5, 5.41) is 3.57. The predicted octanol–water partition coefficient (Wildman–Crippen LogP) is 2.28. The third kappa shape index (κ3) is 4.65. The second-order valence-electron chi connectivity index (χ2n) is 4.99. The summed E-state index contributed by atoms with van der Waals surface area (Å²) in [6, 6.07) is 7.06. The molecule has 0 saturated carbocycles. The topological polar surface area (TPSA) is 55.4 Å². The lowest BCUT2D eigenvalue weighted by atomic mass is 10.2. The Hall–Kier alpha value is -0.780. The van der Waals surface area contributed by atoms with Crippen LogP contribution in [0.25, 0.3) is 0 Å². The monoisotopic (exact) mass is 317 g/mol. The van der Waals surface area contributed by atoms with E-state index in [0.29, 0.717) is 30.3 Å². The lowest BCUT2D eigenvalue weighted by molar-refractivity contribution is 0.317. The summed E-state index contributed by atoms with van der Waals surface area (Å²) >= 11 is 5.78. The van der Waals surface area contributed by atoms with E-state index in [1.165, 1.54) is 0 Å². The minimum Gasteiger partial charge on any atom is -0.494 e. The van der Waals surface area contributed by atoms with Gasteiger partial charge >= 0.3 is 0 Å². The molecule has 4 nitrogen and oxygen atoms in total. The second-order valence-corrected chi connectivity index (χ2v) is 7.83. The van der Waals surface area contributed by atoms with Gasteiger partial charge in [-0.25, -0.2) is 8.42 Å². The van der Waals surface area contributed by atoms with E-state index in [9.17, 15) is 8.42 Å². The normalized spacial score (nSPS) is 19.8. The third-order valence-electron chi connectivity index (χ3n) is 3.42. The first-order valence-corrected chi connectivity index (χ1v) is 8.98. The number of ether oxygens (including phenoxy) is 1. The van der Waals surface area contributed by atoms with Crippen LogP contribution in [0.4, 0.5) is 0 Å². The molecule has 112 valence electrons. The standard InChI is InChI=1S/C14H20ClNO3S/c15-12-4-6-13(7-5-12)19-9-2-10-20(17,18)14-3-1-8-16-11-14/h4-7,14,16H,1-3,8-11H2. The average molecular weight is 318 g/mol. The lowest BCUT2D eigenvalue weighted by Gasteiger charge is -2.22. The SMILES string of the molecule is O=S(=O)(CCCOc1ccc(Cl)cc1)C1CCCNC1. The van der Waals surface area contributed by atoms with Gasteiger partial charge in [-0.2, -0.15) is 0 Å². The van der Waals surface area contributed by atoms with Crippen LogP contribution in [-0.2, 0) is 9.84 Å². The zero-order valence-electron chi connectivity index (χ0n) is 11.3. The average Bonchev–Trinajstić information content (AvgIpc) is 2.46. The number of nitrogens with one attached hydrogen (secondary N) is 1. The summed E-state index contributed by atoms with van der Waals surface area (Å²) in [4.78, 5) is 0. The van der Waals surface area contributed by atoms with Crippen LogP contribution in [0.2, 0.25) is 5.02 Å². The van der Waals surface area contributed by atoms with Gasteiger partial charge in [0.1, 0.15) is 5.75 Å². The van der Waals surface area contributed by atoms with Gasteiger partial charge in [-0.3, -0.25) is 0 Å². The first-order chi connectivity index (χ1) is 9.58. The maximum atomic E-state index is 12.1. The molecule has 0 radical (unpaired) electrons. The first kappa shape index (κ1) is 15.6. The van der Waals surface area contributed by atoms with Gasteiger partial charge < -0.3 is 10.1 Å². The molecule has 0 amide bonds. The number of sulfone groups is 1. The van der Waals surface area contributed by atoms with Gasteiger partial charge in [0.05, 0.1) is 17.6 Å². The number of hydrogen-bond donors (Lipinski definition) is 1. The molecule has 1 unspecified atom stereocenters. The van der Waals surface area contributed by atoms with Crippen molar-refractivity contribution >= 4 is 21.4 Å². The van der Waals surface area contributed by atoms with Gasteiger partial charge in [-0.1, -0.05) is 11.6 Å². The van der Waals surface area contributed by atoms with Crippen molar-refractivity contribution in [2.24, 2.45) is 0 Å². The fourth-order valence-electron chi connectivity index (χ4n) is 2.27. The zero-order chi connectivity index (χ0) is 14.4. The van der Waals surface area contributed by atoms with Crippen LogP contribution in [0, 0.1) is 0 Å². The summed E-state index contributed by atoms with van der Waals surface area (Å²) in [6.45, 7) is 1.91. The Morgan fingerprint density at radius 1 is 1.30 bits per heavy atom. The summed E-state index contributed by atoms with van der Waals surface area (Å²) in [5.41, 5.74) is 0. The van der Waals surface area contributed by atoms with Crippen LogP contribution in [0.3, 0.4) is 0 Å². The fourth-order valence-corrected chi connectivity index (χ4v) is 4.15. The number of piperidine rings is 1. The molecule has 0 spiro atoms. The number of hydrogen-bond acceptors (Lipinski definition) is 4. The van der Waals surface area contributed by atoms with Crippen molar-refractivity contribution in [1.82, 2.24) is 5.32 Å². The molecule has 6 heteroatoms. The molecular weight excluding hydrogens is 298 g/mol. The molecule has 1 heterocycles. The van der Waals surface area contributed by atoms with Crippen molar-refractivity contribution in [3.8, 4) is 5.75 Å². The summed E-state index contributed by atoms with van der Waals surface area (Å²) in [6.07, 6.45) is 2.22. The van der Waals surface area contributed by atoms with Crippen LogP contribution < -0.4 is 10.1 Å². The number of benzene rings is 1. The highest BCUT2D eigenvalue weighted by Gasteiger charge is 2.26. The third-order valence-corrected chi connectivity index (χ3v) is 5.94. The van der Waals surface area contributed by atoms with Crippen molar-refractivity contribution in [1.29, 1.82) is 0 Å². The van der Waals surface area contributed by atoms with E-state index in [0.717, 1.165) is 19.4 Å². The second kappa shape index (κ2) is 7.29. The number of rotatable bonds is 6. The zero-order valence-corrected chi connectivity index (χ0v) is 12.9. The van der Waals surface area contributed by atoms with Gasteiger partial charge in [-0.05, 0) is 50.1 Å². The Morgan fingerprint density at radius 3 is 2.70 bits per heavy atom. The lowest BCUT2D eigenvalue weighted by Crippen LogP contribution is -2.39. The van der Waals surface area contributed by atoms with Crippen LogP contribution in [-0.4, -0.2) is 39.1 Å². The predicted molar refractivity (Wildman–Crippen MR) is 81.2 cm³/mol. The van der Waals surface area contributed by atoms with E-state index < -0.39 is 9.84 Å². The van der Waals surface area contributed by atoms with E-state index in [-0.39, 0.29) is 11.0 Å². The summed E-state index contributed by atoms with van der Waals surface area (Å²) in [7, 11) is -3.01. The molecule has 1 aromatic rings. The highest BCUT2D eigenvalue weighted by atomic mass is 35.5. The molecule has 1 fully saturated rings. The highest BCUT2D eigenvalue weighted by Crippen LogP contribution is 2.16. The van der Waals surface area contributed by atoms with Crippen molar-refractivity contribution in [3.05, 3.63) is 29.3 Å². The molecule has 1 N–H and O–H groups in total. The minimum atomic E-state index is -3.01. The Bertz CT molecular complexity index is 510. The Kier molecular flexibility index (Phi) is 5.69. The maximum Gasteiger partial charge on any atom is 0.154 e. The molecule has 0 aromatic heterocycles. The summed E-state index contributed by atoms with van der Waals surface area (Å²) in [5.74, 6) is 0.901. The van der Waals surface area contributed by atoms with Gasteiger partial charge in [0, 0.05) is 11.6 Å². The Balaban J connectivity index is 1.73. The number of halogens is 1. The molecule has 0 bridgehead atoms. The molecule has 1 atom stereocenters. The van der Waals surface area contributed by atoms with E-state index in [1.54, 1.807) is 24.3 Å². The van der Waals surface area contributed by atoms with Gasteiger partial charge in [0.25, 0.3) is 0 Å². The summed E-state index contributed by atoms with van der Waals surface area (Å²) < 4.78 is 29.8. The first-order valence-electron chi connectivity index (χ1n) is 6.88. The van der Waals surface area contributed by atoms with Gasteiger partial charge in [0.2, 0.25) is 0 Å². The molecule has 2 rings (SSSR count). The molecule has 1 saturated heterocycles. The largest absolute Gasteiger partial charge is 0.494 e. The molecule has 1 aliphatic rings. The van der Waals surface area contributed by atoms with Crippen molar-refractivity contribution in [2.45, 2.75) is 24.5 Å². The van der Waals surface area contributed by atoms with E-state index in [2.05, 4.69) is 5.32 Å². The smallest absolute Gasteiger partial charge is 0.154 e. The van der Waals surface area contributed by atoms with E-state index >= 15 is 0 Å². The maximum absolute atomic E-state index is 12.1. The van der Waals surface area contributed by atoms with E-state index in [1.807, 2.05) is 0 Å². The Morgan fingerprint density at radius 2 is 2.05 bits per heavy atom. The quantitative estimate of drug-likeness (QED) is 0.818. The van der Waals surface area contributed by atoms with Crippen molar-refractivity contribution < 1.29 is 13.2 Å². The highest BCUT2D eigenvalue weighted by molar-refractivity contribution is 7.92. The van der Waals surface area contributed by atoms with Crippen LogP contribution in [0.15, 0.2) is 24.3 Å².